The maximum atomic E-state index is 13.0. The van der Waals surface area contributed by atoms with Gasteiger partial charge in [-0.15, -0.1) is 0 Å². The van der Waals surface area contributed by atoms with Gasteiger partial charge in [0.05, 0.1) is 13.0 Å². The predicted molar refractivity (Wildman–Crippen MR) is 114 cm³/mol. The van der Waals surface area contributed by atoms with E-state index in [1.165, 1.54) is 10.8 Å². The van der Waals surface area contributed by atoms with E-state index in [1.807, 2.05) is 57.2 Å². The third-order valence-corrected chi connectivity index (χ3v) is 4.69. The summed E-state index contributed by atoms with van der Waals surface area (Å²) < 4.78 is 11.2. The van der Waals surface area contributed by atoms with Crippen LogP contribution in [0.2, 0.25) is 0 Å². The molecule has 3 nitrogen and oxygen atoms in total. The molecule has 3 aromatic rings. The molecule has 0 heterocycles. The van der Waals surface area contributed by atoms with E-state index in [9.17, 15) is 4.79 Å². The molecule has 3 heteroatoms. The van der Waals surface area contributed by atoms with Gasteiger partial charge < -0.3 is 9.47 Å². The monoisotopic (exact) mass is 376 g/mol. The Kier molecular flexibility index (Phi) is 6.03. The highest BCUT2D eigenvalue weighted by molar-refractivity contribution is 5.83. The maximum Gasteiger partial charge on any atom is 0.310 e. The van der Waals surface area contributed by atoms with Gasteiger partial charge in [-0.2, -0.15) is 0 Å². The average molecular weight is 376 g/mol. The van der Waals surface area contributed by atoms with E-state index < -0.39 is 5.60 Å². The molecule has 3 rings (SSSR count). The van der Waals surface area contributed by atoms with Crippen LogP contribution in [0.4, 0.5) is 0 Å². The number of rotatable bonds is 6. The second kappa shape index (κ2) is 8.47. The molecule has 0 radical (unpaired) electrons. The molecule has 0 aliphatic heterocycles. The normalized spacial score (nSPS) is 12.6. The van der Waals surface area contributed by atoms with Gasteiger partial charge in [-0.1, -0.05) is 60.7 Å². The van der Waals surface area contributed by atoms with Gasteiger partial charge >= 0.3 is 5.97 Å². The first-order valence-electron chi connectivity index (χ1n) is 9.68. The summed E-state index contributed by atoms with van der Waals surface area (Å²) in [6.07, 6.45) is 1.20. The highest BCUT2D eigenvalue weighted by atomic mass is 16.6. The lowest BCUT2D eigenvalue weighted by atomic mass is 9.91. The minimum atomic E-state index is -0.514. The van der Waals surface area contributed by atoms with Gasteiger partial charge in [0, 0.05) is 0 Å². The van der Waals surface area contributed by atoms with Crippen LogP contribution in [0, 0.1) is 5.92 Å². The fourth-order valence-electron chi connectivity index (χ4n) is 3.41. The Labute approximate surface area is 167 Å². The first-order valence-corrected chi connectivity index (χ1v) is 9.68. The first kappa shape index (κ1) is 19.9. The molecule has 1 atom stereocenters. The van der Waals surface area contributed by atoms with E-state index in [0.29, 0.717) is 12.8 Å². The number of ether oxygens (including phenoxy) is 2. The number of carbonyl (C=O) groups is 1. The van der Waals surface area contributed by atoms with Crippen molar-refractivity contribution in [3.63, 3.8) is 0 Å². The molecule has 0 saturated carbocycles. The standard InChI is InChI=1S/C25H28O3/c1-25(2,3)28-24(26)22(17-21-11-7-8-12-23(21)27-4)16-18-13-14-19-9-5-6-10-20(19)15-18/h5-15,22H,16-17H2,1-4H3/t22-/m1/s1. The fraction of sp³-hybridized carbons (Fsp3) is 0.320. The Hall–Kier alpha value is -2.81. The molecule has 0 aliphatic rings. The third kappa shape index (κ3) is 5.13. The summed E-state index contributed by atoms with van der Waals surface area (Å²) in [6.45, 7) is 5.71. The number of benzene rings is 3. The molecule has 3 aromatic carbocycles. The molecule has 0 amide bonds. The fourth-order valence-corrected chi connectivity index (χ4v) is 3.41. The van der Waals surface area contributed by atoms with Gasteiger partial charge in [0.25, 0.3) is 0 Å². The highest BCUT2D eigenvalue weighted by Gasteiger charge is 2.26. The summed E-state index contributed by atoms with van der Waals surface area (Å²) in [5, 5.41) is 2.38. The van der Waals surface area contributed by atoms with Crippen molar-refractivity contribution in [2.24, 2.45) is 5.92 Å². The van der Waals surface area contributed by atoms with Crippen molar-refractivity contribution >= 4 is 16.7 Å². The predicted octanol–water partition coefficient (Wildman–Crippen LogP) is 5.59. The number of esters is 1. The lowest BCUT2D eigenvalue weighted by Crippen LogP contribution is -2.31. The SMILES string of the molecule is COc1ccccc1C[C@@H](Cc1ccc2ccccc2c1)C(=O)OC(C)(C)C. The zero-order chi connectivity index (χ0) is 20.1. The van der Waals surface area contributed by atoms with Crippen LogP contribution in [0.5, 0.6) is 5.75 Å². The molecular formula is C25H28O3. The molecule has 0 aliphatic carbocycles. The van der Waals surface area contributed by atoms with Crippen LogP contribution in [-0.4, -0.2) is 18.7 Å². The van der Waals surface area contributed by atoms with E-state index in [1.54, 1.807) is 7.11 Å². The number of methoxy groups -OCH3 is 1. The van der Waals surface area contributed by atoms with Crippen LogP contribution in [0.3, 0.4) is 0 Å². The largest absolute Gasteiger partial charge is 0.496 e. The van der Waals surface area contributed by atoms with Crippen molar-refractivity contribution in [3.8, 4) is 5.75 Å². The van der Waals surface area contributed by atoms with Gasteiger partial charge in [0.15, 0.2) is 0 Å². The molecule has 146 valence electrons. The number of para-hydroxylation sites is 1. The summed E-state index contributed by atoms with van der Waals surface area (Å²) in [5.41, 5.74) is 1.63. The van der Waals surface area contributed by atoms with Gasteiger partial charge in [0.2, 0.25) is 0 Å². The third-order valence-electron chi connectivity index (χ3n) is 4.69. The Morgan fingerprint density at radius 3 is 2.29 bits per heavy atom. The van der Waals surface area contributed by atoms with Crippen molar-refractivity contribution in [2.75, 3.05) is 7.11 Å². The summed E-state index contributed by atoms with van der Waals surface area (Å²) in [5.74, 6) is 0.345. The minimum absolute atomic E-state index is 0.174. The van der Waals surface area contributed by atoms with E-state index >= 15 is 0 Å². The summed E-state index contributed by atoms with van der Waals surface area (Å²) in [6, 6.07) is 22.5. The Morgan fingerprint density at radius 1 is 0.893 bits per heavy atom. The lowest BCUT2D eigenvalue weighted by Gasteiger charge is -2.24. The van der Waals surface area contributed by atoms with Crippen molar-refractivity contribution in [3.05, 3.63) is 77.9 Å². The van der Waals surface area contributed by atoms with Crippen LogP contribution >= 0.6 is 0 Å². The molecule has 0 fully saturated rings. The number of hydrogen-bond donors (Lipinski definition) is 0. The number of carbonyl (C=O) groups excluding carboxylic acids is 1. The van der Waals surface area contributed by atoms with Crippen LogP contribution in [0.15, 0.2) is 66.7 Å². The molecule has 0 N–H and O–H groups in total. The van der Waals surface area contributed by atoms with Crippen LogP contribution in [-0.2, 0) is 22.4 Å². The van der Waals surface area contributed by atoms with E-state index in [4.69, 9.17) is 9.47 Å². The second-order valence-corrected chi connectivity index (χ2v) is 8.13. The van der Waals surface area contributed by atoms with Crippen molar-refractivity contribution < 1.29 is 14.3 Å². The first-order chi connectivity index (χ1) is 13.4. The van der Waals surface area contributed by atoms with Gasteiger partial charge in [0.1, 0.15) is 11.4 Å². The number of hydrogen-bond acceptors (Lipinski definition) is 3. The summed E-state index contributed by atoms with van der Waals surface area (Å²) in [7, 11) is 1.66. The van der Waals surface area contributed by atoms with Crippen LogP contribution in [0.1, 0.15) is 31.9 Å². The molecule has 0 aromatic heterocycles. The quantitative estimate of drug-likeness (QED) is 0.526. The maximum absolute atomic E-state index is 13.0. The van der Waals surface area contributed by atoms with Gasteiger partial charge in [-0.05, 0) is 61.6 Å². The van der Waals surface area contributed by atoms with Crippen molar-refractivity contribution in [1.82, 2.24) is 0 Å². The Morgan fingerprint density at radius 2 is 1.57 bits per heavy atom. The van der Waals surface area contributed by atoms with Gasteiger partial charge in [-0.3, -0.25) is 4.79 Å². The Balaban J connectivity index is 1.89. The zero-order valence-electron chi connectivity index (χ0n) is 17.1. The van der Waals surface area contributed by atoms with E-state index in [-0.39, 0.29) is 11.9 Å². The Bertz CT molecular complexity index is 953. The van der Waals surface area contributed by atoms with E-state index in [2.05, 4.69) is 30.3 Å². The number of fused-ring (bicyclic) bond motifs is 1. The molecule has 0 bridgehead atoms. The van der Waals surface area contributed by atoms with Crippen LogP contribution < -0.4 is 4.74 Å². The minimum Gasteiger partial charge on any atom is -0.496 e. The zero-order valence-corrected chi connectivity index (χ0v) is 17.1. The summed E-state index contributed by atoms with van der Waals surface area (Å²) in [4.78, 5) is 13.0. The average Bonchev–Trinajstić information content (AvgIpc) is 2.66. The molecule has 0 unspecified atom stereocenters. The molecule has 28 heavy (non-hydrogen) atoms. The smallest absolute Gasteiger partial charge is 0.310 e. The second-order valence-electron chi connectivity index (χ2n) is 8.13. The van der Waals surface area contributed by atoms with Crippen molar-refractivity contribution in [2.45, 2.75) is 39.2 Å². The van der Waals surface area contributed by atoms with Gasteiger partial charge in [-0.25, -0.2) is 0 Å². The van der Waals surface area contributed by atoms with E-state index in [0.717, 1.165) is 16.9 Å². The molecular weight excluding hydrogens is 348 g/mol. The molecule has 0 spiro atoms. The topological polar surface area (TPSA) is 35.5 Å². The highest BCUT2D eigenvalue weighted by Crippen LogP contribution is 2.26. The molecule has 0 saturated heterocycles. The lowest BCUT2D eigenvalue weighted by molar-refractivity contribution is -0.159. The van der Waals surface area contributed by atoms with Crippen LogP contribution in [0.25, 0.3) is 10.8 Å². The summed E-state index contributed by atoms with van der Waals surface area (Å²) >= 11 is 0. The van der Waals surface area contributed by atoms with Crippen molar-refractivity contribution in [1.29, 1.82) is 0 Å².